The van der Waals surface area contributed by atoms with Crippen LogP contribution >= 0.6 is 0 Å². The molecule has 0 heteroatoms. The quantitative estimate of drug-likeness (QED) is 0.534. The third-order valence-electron chi connectivity index (χ3n) is 5.06. The second-order valence-electron chi connectivity index (χ2n) is 7.10. The molecule has 1 aliphatic rings. The summed E-state index contributed by atoms with van der Waals surface area (Å²) in [6.07, 6.45) is 14.1. The first kappa shape index (κ1) is 16.3. The van der Waals surface area contributed by atoms with Crippen molar-refractivity contribution in [3.05, 3.63) is 40.5 Å². The van der Waals surface area contributed by atoms with Crippen molar-refractivity contribution >= 4 is 6.08 Å². The molecule has 1 aliphatic carbocycles. The van der Waals surface area contributed by atoms with Gasteiger partial charge in [0.2, 0.25) is 0 Å². The lowest BCUT2D eigenvalue weighted by Crippen LogP contribution is -2.13. The Balaban J connectivity index is 2.04. The Bertz CT molecular complexity index is 481. The molecule has 0 fully saturated rings. The van der Waals surface area contributed by atoms with E-state index in [1.807, 2.05) is 0 Å². The first-order chi connectivity index (χ1) is 10.1. The molecule has 2 unspecified atom stereocenters. The highest BCUT2D eigenvalue weighted by Crippen LogP contribution is 2.30. The summed E-state index contributed by atoms with van der Waals surface area (Å²) in [6.45, 7) is 9.32. The number of fused-ring (bicyclic) bond motifs is 1. The van der Waals surface area contributed by atoms with E-state index < -0.39 is 0 Å². The fraction of sp³-hybridized carbons (Fsp3) is 0.619. The number of hydrogen-bond acceptors (Lipinski definition) is 0. The van der Waals surface area contributed by atoms with Gasteiger partial charge in [0.15, 0.2) is 0 Å². The van der Waals surface area contributed by atoms with Crippen LogP contribution in [0.2, 0.25) is 0 Å². The molecule has 2 rings (SSSR count). The normalized spacial score (nSPS) is 19.7. The van der Waals surface area contributed by atoms with Gasteiger partial charge >= 0.3 is 0 Å². The maximum absolute atomic E-state index is 2.41. The molecule has 0 heterocycles. The molecule has 116 valence electrons. The summed E-state index contributed by atoms with van der Waals surface area (Å²) >= 11 is 0. The lowest BCUT2D eigenvalue weighted by Gasteiger charge is -2.24. The van der Waals surface area contributed by atoms with Crippen molar-refractivity contribution < 1.29 is 0 Å². The van der Waals surface area contributed by atoms with Gasteiger partial charge in [-0.25, -0.2) is 0 Å². The maximum Gasteiger partial charge on any atom is -0.0227 e. The Morgan fingerprint density at radius 1 is 1.29 bits per heavy atom. The second-order valence-corrected chi connectivity index (χ2v) is 7.10. The van der Waals surface area contributed by atoms with Gasteiger partial charge in [-0.05, 0) is 66.7 Å². The first-order valence-electron chi connectivity index (χ1n) is 8.91. The predicted octanol–water partition coefficient (Wildman–Crippen LogP) is 6.35. The van der Waals surface area contributed by atoms with Crippen LogP contribution in [0.1, 0.15) is 75.1 Å². The molecule has 2 atom stereocenters. The van der Waals surface area contributed by atoms with E-state index in [1.165, 1.54) is 56.1 Å². The summed E-state index contributed by atoms with van der Waals surface area (Å²) in [6, 6.07) is 4.71. The monoisotopic (exact) mass is 284 g/mol. The molecule has 0 radical (unpaired) electrons. The highest BCUT2D eigenvalue weighted by atomic mass is 14.2. The van der Waals surface area contributed by atoms with Crippen molar-refractivity contribution in [1.29, 1.82) is 0 Å². The van der Waals surface area contributed by atoms with Gasteiger partial charge in [-0.15, -0.1) is 0 Å². The van der Waals surface area contributed by atoms with Crippen LogP contribution in [0.3, 0.4) is 0 Å². The van der Waals surface area contributed by atoms with E-state index in [4.69, 9.17) is 0 Å². The SMILES string of the molecule is CCCCCC(C)/C=C/c1ccc2c(c1C)CCC(C)C2. The second kappa shape index (κ2) is 7.82. The van der Waals surface area contributed by atoms with Crippen LogP contribution in [0.25, 0.3) is 6.08 Å². The van der Waals surface area contributed by atoms with E-state index in [0.717, 1.165) is 5.92 Å². The zero-order valence-electron chi connectivity index (χ0n) is 14.4. The Labute approximate surface area is 131 Å². The lowest BCUT2D eigenvalue weighted by atomic mass is 9.81. The van der Waals surface area contributed by atoms with Crippen molar-refractivity contribution in [2.45, 2.75) is 72.6 Å². The molecule has 0 saturated heterocycles. The Morgan fingerprint density at radius 2 is 2.10 bits per heavy atom. The molecule has 0 amide bonds. The van der Waals surface area contributed by atoms with E-state index in [2.05, 4.69) is 52.0 Å². The molecule has 0 aromatic heterocycles. The van der Waals surface area contributed by atoms with Gasteiger partial charge in [-0.1, -0.05) is 64.3 Å². The minimum atomic E-state index is 0.701. The van der Waals surface area contributed by atoms with E-state index in [0.29, 0.717) is 5.92 Å². The van der Waals surface area contributed by atoms with E-state index in [1.54, 1.807) is 11.1 Å². The first-order valence-corrected chi connectivity index (χ1v) is 8.91. The summed E-state index contributed by atoms with van der Waals surface area (Å²) in [5.41, 5.74) is 6.19. The van der Waals surface area contributed by atoms with Gasteiger partial charge in [-0.3, -0.25) is 0 Å². The van der Waals surface area contributed by atoms with Crippen LogP contribution in [0.5, 0.6) is 0 Å². The van der Waals surface area contributed by atoms with Crippen LogP contribution in [0.15, 0.2) is 18.2 Å². The predicted molar refractivity (Wildman–Crippen MR) is 94.7 cm³/mol. The molecular formula is C21H32. The fourth-order valence-corrected chi connectivity index (χ4v) is 3.50. The van der Waals surface area contributed by atoms with Crippen LogP contribution in [-0.2, 0) is 12.8 Å². The minimum absolute atomic E-state index is 0.701. The number of hydrogen-bond donors (Lipinski definition) is 0. The average molecular weight is 284 g/mol. The van der Waals surface area contributed by atoms with Crippen molar-refractivity contribution in [2.75, 3.05) is 0 Å². The Kier molecular flexibility index (Phi) is 6.08. The van der Waals surface area contributed by atoms with Gasteiger partial charge in [0, 0.05) is 0 Å². The zero-order chi connectivity index (χ0) is 15.2. The third-order valence-corrected chi connectivity index (χ3v) is 5.06. The molecule has 0 saturated carbocycles. The van der Waals surface area contributed by atoms with Gasteiger partial charge in [-0.2, -0.15) is 0 Å². The molecule has 21 heavy (non-hydrogen) atoms. The van der Waals surface area contributed by atoms with Crippen molar-refractivity contribution in [1.82, 2.24) is 0 Å². The fourth-order valence-electron chi connectivity index (χ4n) is 3.50. The standard InChI is InChI=1S/C21H32/c1-5-6-7-8-16(2)9-11-19-12-13-20-15-17(3)10-14-21(20)18(19)4/h9,11-13,16-17H,5-8,10,14-15H2,1-4H3/b11-9+. The smallest absolute Gasteiger partial charge is 0.0227 e. The minimum Gasteiger partial charge on any atom is -0.0811 e. The molecule has 1 aromatic rings. The summed E-state index contributed by atoms with van der Waals surface area (Å²) in [5, 5.41) is 0. The topological polar surface area (TPSA) is 0 Å². The number of benzene rings is 1. The molecule has 0 N–H and O–H groups in total. The van der Waals surface area contributed by atoms with Gasteiger partial charge in [0.25, 0.3) is 0 Å². The van der Waals surface area contributed by atoms with Gasteiger partial charge in [0.1, 0.15) is 0 Å². The van der Waals surface area contributed by atoms with Gasteiger partial charge < -0.3 is 0 Å². The van der Waals surface area contributed by atoms with Crippen LogP contribution in [0.4, 0.5) is 0 Å². The number of allylic oxidation sites excluding steroid dienone is 1. The van der Waals surface area contributed by atoms with Crippen molar-refractivity contribution in [3.8, 4) is 0 Å². The molecule has 0 aliphatic heterocycles. The Hall–Kier alpha value is -1.04. The average Bonchev–Trinajstić information content (AvgIpc) is 2.46. The molecule has 0 bridgehead atoms. The lowest BCUT2D eigenvalue weighted by molar-refractivity contribution is 0.500. The highest BCUT2D eigenvalue weighted by molar-refractivity contribution is 5.58. The van der Waals surface area contributed by atoms with Crippen molar-refractivity contribution in [2.24, 2.45) is 11.8 Å². The summed E-state index contributed by atoms with van der Waals surface area (Å²) < 4.78 is 0. The van der Waals surface area contributed by atoms with E-state index in [9.17, 15) is 0 Å². The summed E-state index contributed by atoms with van der Waals surface area (Å²) in [7, 11) is 0. The van der Waals surface area contributed by atoms with E-state index in [-0.39, 0.29) is 0 Å². The van der Waals surface area contributed by atoms with Gasteiger partial charge in [0.05, 0.1) is 0 Å². The third kappa shape index (κ3) is 4.46. The molecule has 0 spiro atoms. The number of unbranched alkanes of at least 4 members (excludes halogenated alkanes) is 2. The van der Waals surface area contributed by atoms with Crippen LogP contribution in [0, 0.1) is 18.8 Å². The maximum atomic E-state index is 2.41. The Morgan fingerprint density at radius 3 is 2.86 bits per heavy atom. The molecule has 1 aromatic carbocycles. The van der Waals surface area contributed by atoms with E-state index >= 15 is 0 Å². The zero-order valence-corrected chi connectivity index (χ0v) is 14.4. The summed E-state index contributed by atoms with van der Waals surface area (Å²) in [5.74, 6) is 1.56. The van der Waals surface area contributed by atoms with Crippen LogP contribution < -0.4 is 0 Å². The summed E-state index contributed by atoms with van der Waals surface area (Å²) in [4.78, 5) is 0. The molecule has 0 nitrogen and oxygen atoms in total. The highest BCUT2D eigenvalue weighted by Gasteiger charge is 2.17. The van der Waals surface area contributed by atoms with Crippen molar-refractivity contribution in [3.63, 3.8) is 0 Å². The number of rotatable bonds is 6. The van der Waals surface area contributed by atoms with Crippen LogP contribution in [-0.4, -0.2) is 0 Å². The largest absolute Gasteiger partial charge is 0.0811 e. The molecular weight excluding hydrogens is 252 g/mol.